The first-order chi connectivity index (χ1) is 16.3. The van der Waals surface area contributed by atoms with E-state index in [1.807, 2.05) is 49.6 Å². The van der Waals surface area contributed by atoms with E-state index in [-0.39, 0.29) is 24.0 Å². The van der Waals surface area contributed by atoms with Crippen molar-refractivity contribution in [3.8, 4) is 5.75 Å². The van der Waals surface area contributed by atoms with E-state index in [1.165, 1.54) is 5.56 Å². The molecule has 1 aromatic heterocycles. The first-order valence-corrected chi connectivity index (χ1v) is 11.5. The summed E-state index contributed by atoms with van der Waals surface area (Å²) < 4.78 is 12.9. The molecule has 3 aromatic rings. The van der Waals surface area contributed by atoms with E-state index in [0.717, 1.165) is 62.2 Å². The summed E-state index contributed by atoms with van der Waals surface area (Å²) in [4.78, 5) is 9.31. The Kier molecular flexibility index (Phi) is 13.1. The van der Waals surface area contributed by atoms with Gasteiger partial charge in [-0.1, -0.05) is 42.5 Å². The van der Waals surface area contributed by atoms with Gasteiger partial charge in [-0.05, 0) is 43.0 Å². The fourth-order valence-corrected chi connectivity index (χ4v) is 3.37. The SMILES string of the molecule is CCOCCCNC(=NCc1ccc(OC)cc1)NCc1nccn1CCc1ccccc1.I. The van der Waals surface area contributed by atoms with Crippen LogP contribution in [0.15, 0.2) is 72.0 Å². The number of nitrogens with zero attached hydrogens (tertiary/aromatic N) is 3. The molecule has 34 heavy (non-hydrogen) atoms. The van der Waals surface area contributed by atoms with E-state index in [2.05, 4.69) is 44.5 Å². The van der Waals surface area contributed by atoms with Crippen LogP contribution in [-0.4, -0.2) is 42.4 Å². The minimum Gasteiger partial charge on any atom is -0.497 e. The summed E-state index contributed by atoms with van der Waals surface area (Å²) in [6.07, 6.45) is 5.77. The third-order valence-electron chi connectivity index (χ3n) is 5.24. The third kappa shape index (κ3) is 9.72. The molecule has 0 amide bonds. The van der Waals surface area contributed by atoms with Gasteiger partial charge in [0.25, 0.3) is 0 Å². The lowest BCUT2D eigenvalue weighted by molar-refractivity contribution is 0.145. The number of imidazole rings is 1. The molecule has 2 N–H and O–H groups in total. The Bertz CT molecular complexity index is 961. The van der Waals surface area contributed by atoms with Gasteiger partial charge in [0, 0.05) is 38.7 Å². The smallest absolute Gasteiger partial charge is 0.191 e. The van der Waals surface area contributed by atoms with Crippen molar-refractivity contribution in [1.29, 1.82) is 0 Å². The molecule has 7 nitrogen and oxygen atoms in total. The zero-order valence-electron chi connectivity index (χ0n) is 20.1. The number of ether oxygens (including phenoxy) is 2. The molecule has 0 atom stereocenters. The highest BCUT2D eigenvalue weighted by molar-refractivity contribution is 14.0. The molecule has 3 rings (SSSR count). The van der Waals surface area contributed by atoms with Crippen LogP contribution in [0, 0.1) is 0 Å². The fourth-order valence-electron chi connectivity index (χ4n) is 3.37. The van der Waals surface area contributed by atoms with Crippen LogP contribution in [0.25, 0.3) is 0 Å². The fraction of sp³-hybridized carbons (Fsp3) is 0.385. The van der Waals surface area contributed by atoms with Gasteiger partial charge in [-0.15, -0.1) is 24.0 Å². The average Bonchev–Trinajstić information content (AvgIpc) is 3.32. The standard InChI is InChI=1S/C26H35N5O2.HI/c1-3-33-19-7-15-28-26(29-20-23-10-12-24(32-2)13-11-23)30-21-25-27-16-18-31(25)17-14-22-8-5-4-6-9-22;/h4-6,8-13,16,18H,3,7,14-15,17,19-21H2,1-2H3,(H2,28,29,30);1H. The molecule has 0 aliphatic rings. The third-order valence-corrected chi connectivity index (χ3v) is 5.24. The van der Waals surface area contributed by atoms with Gasteiger partial charge in [0.15, 0.2) is 5.96 Å². The molecule has 1 heterocycles. The van der Waals surface area contributed by atoms with Crippen LogP contribution in [0.4, 0.5) is 0 Å². The maximum absolute atomic E-state index is 5.44. The number of aliphatic imine (C=N–C) groups is 1. The van der Waals surface area contributed by atoms with Crippen molar-refractivity contribution in [3.63, 3.8) is 0 Å². The van der Waals surface area contributed by atoms with Crippen LogP contribution in [0.1, 0.15) is 30.3 Å². The molecule has 0 unspecified atom stereocenters. The van der Waals surface area contributed by atoms with Gasteiger partial charge in [-0.3, -0.25) is 0 Å². The second-order valence-electron chi connectivity index (χ2n) is 7.62. The predicted octanol–water partition coefficient (Wildman–Crippen LogP) is 4.41. The molecule has 0 saturated carbocycles. The van der Waals surface area contributed by atoms with Crippen LogP contribution >= 0.6 is 24.0 Å². The lowest BCUT2D eigenvalue weighted by Crippen LogP contribution is -2.38. The Labute approximate surface area is 220 Å². The van der Waals surface area contributed by atoms with Gasteiger partial charge in [-0.25, -0.2) is 9.98 Å². The summed E-state index contributed by atoms with van der Waals surface area (Å²) in [7, 11) is 1.67. The monoisotopic (exact) mass is 577 g/mol. The zero-order chi connectivity index (χ0) is 23.1. The Morgan fingerprint density at radius 2 is 1.82 bits per heavy atom. The number of nitrogens with one attached hydrogen (secondary N) is 2. The van der Waals surface area contributed by atoms with E-state index in [1.54, 1.807) is 7.11 Å². The number of aromatic nitrogens is 2. The minimum atomic E-state index is 0. The van der Waals surface area contributed by atoms with Crippen LogP contribution in [0.2, 0.25) is 0 Å². The number of rotatable bonds is 13. The zero-order valence-corrected chi connectivity index (χ0v) is 22.4. The van der Waals surface area contributed by atoms with Crippen molar-refractivity contribution >= 4 is 29.9 Å². The van der Waals surface area contributed by atoms with E-state index in [9.17, 15) is 0 Å². The maximum Gasteiger partial charge on any atom is 0.191 e. The van der Waals surface area contributed by atoms with E-state index in [0.29, 0.717) is 13.1 Å². The molecule has 2 aromatic carbocycles. The Balaban J connectivity index is 0.00000408. The van der Waals surface area contributed by atoms with Crippen molar-refractivity contribution in [1.82, 2.24) is 20.2 Å². The lowest BCUT2D eigenvalue weighted by Gasteiger charge is -2.14. The van der Waals surface area contributed by atoms with Crippen LogP contribution in [0.5, 0.6) is 5.75 Å². The molecule has 0 saturated heterocycles. The summed E-state index contributed by atoms with van der Waals surface area (Å²) in [6.45, 7) is 6.34. The summed E-state index contributed by atoms with van der Waals surface area (Å²) in [6, 6.07) is 18.5. The average molecular weight is 578 g/mol. The summed E-state index contributed by atoms with van der Waals surface area (Å²) in [5.41, 5.74) is 2.44. The molecular weight excluding hydrogens is 541 g/mol. The molecule has 0 fully saturated rings. The van der Waals surface area contributed by atoms with E-state index >= 15 is 0 Å². The molecule has 184 valence electrons. The minimum absolute atomic E-state index is 0. The largest absolute Gasteiger partial charge is 0.497 e. The second kappa shape index (κ2) is 16.1. The van der Waals surface area contributed by atoms with Crippen molar-refractivity contribution in [3.05, 3.63) is 83.9 Å². The first kappa shape index (κ1) is 27.7. The van der Waals surface area contributed by atoms with Gasteiger partial charge in [0.05, 0.1) is 20.2 Å². The van der Waals surface area contributed by atoms with Crippen molar-refractivity contribution in [2.75, 3.05) is 26.9 Å². The predicted molar refractivity (Wildman–Crippen MR) is 148 cm³/mol. The van der Waals surface area contributed by atoms with Crippen LogP contribution < -0.4 is 15.4 Å². The summed E-state index contributed by atoms with van der Waals surface area (Å²) in [5, 5.41) is 6.84. The lowest BCUT2D eigenvalue weighted by atomic mass is 10.1. The van der Waals surface area contributed by atoms with Crippen molar-refractivity contribution < 1.29 is 9.47 Å². The number of hydrogen-bond donors (Lipinski definition) is 2. The van der Waals surface area contributed by atoms with Gasteiger partial charge >= 0.3 is 0 Å². The maximum atomic E-state index is 5.44. The highest BCUT2D eigenvalue weighted by atomic mass is 127. The number of guanidine groups is 1. The van der Waals surface area contributed by atoms with E-state index in [4.69, 9.17) is 14.5 Å². The van der Waals surface area contributed by atoms with Crippen molar-refractivity contribution in [2.24, 2.45) is 4.99 Å². The van der Waals surface area contributed by atoms with Gasteiger partial charge in [0.1, 0.15) is 11.6 Å². The summed E-state index contributed by atoms with van der Waals surface area (Å²) >= 11 is 0. The van der Waals surface area contributed by atoms with Crippen molar-refractivity contribution in [2.45, 2.75) is 39.4 Å². The molecule has 8 heteroatoms. The second-order valence-corrected chi connectivity index (χ2v) is 7.62. The van der Waals surface area contributed by atoms with E-state index < -0.39 is 0 Å². The Morgan fingerprint density at radius 1 is 1.03 bits per heavy atom. The van der Waals surface area contributed by atoms with Gasteiger partial charge in [0.2, 0.25) is 0 Å². The molecule has 0 bridgehead atoms. The van der Waals surface area contributed by atoms with Crippen LogP contribution in [0.3, 0.4) is 0 Å². The number of aryl methyl sites for hydroxylation is 2. The normalized spacial score (nSPS) is 11.1. The van der Waals surface area contributed by atoms with Gasteiger partial charge < -0.3 is 24.7 Å². The molecule has 0 aliphatic carbocycles. The molecule has 0 aliphatic heterocycles. The highest BCUT2D eigenvalue weighted by Crippen LogP contribution is 2.12. The Morgan fingerprint density at radius 3 is 2.56 bits per heavy atom. The Hall–Kier alpha value is -2.59. The highest BCUT2D eigenvalue weighted by Gasteiger charge is 2.06. The molecule has 0 radical (unpaired) electrons. The van der Waals surface area contributed by atoms with Crippen LogP contribution in [-0.2, 0) is 30.8 Å². The summed E-state index contributed by atoms with van der Waals surface area (Å²) in [5.74, 6) is 2.59. The topological polar surface area (TPSA) is 72.7 Å². The number of halogens is 1. The number of methoxy groups -OCH3 is 1. The number of benzene rings is 2. The molecule has 0 spiro atoms. The van der Waals surface area contributed by atoms with Gasteiger partial charge in [-0.2, -0.15) is 0 Å². The number of hydrogen-bond acceptors (Lipinski definition) is 4. The molecular formula is C26H36IN5O2. The first-order valence-electron chi connectivity index (χ1n) is 11.5. The quantitative estimate of drug-likeness (QED) is 0.136.